The van der Waals surface area contributed by atoms with E-state index in [1.807, 2.05) is 0 Å². The minimum atomic E-state index is -1.26. The van der Waals surface area contributed by atoms with Crippen molar-refractivity contribution in [2.45, 2.75) is 0 Å². The van der Waals surface area contributed by atoms with E-state index in [0.29, 0.717) is 85.0 Å². The third kappa shape index (κ3) is 8.74. The summed E-state index contributed by atoms with van der Waals surface area (Å²) >= 11 is 0. The van der Waals surface area contributed by atoms with E-state index in [1.54, 1.807) is 18.2 Å². The maximum Gasteiger partial charge on any atom is 0.328 e. The Balaban J connectivity index is 0.000000550. The zero-order valence-electron chi connectivity index (χ0n) is 20.6. The topological polar surface area (TPSA) is 210 Å². The van der Waals surface area contributed by atoms with Crippen LogP contribution in [0.15, 0.2) is 42.7 Å². The molecule has 1 heterocycles. The predicted octanol–water partition coefficient (Wildman–Crippen LogP) is -0.444. The lowest BCUT2D eigenvalue weighted by Gasteiger charge is -2.23. The molecule has 2 aromatic rings. The Morgan fingerprint density at radius 3 is 1.63 bits per heavy atom. The molecule has 0 atom stereocenters. The van der Waals surface area contributed by atoms with E-state index in [1.165, 1.54) is 12.4 Å². The molecule has 1 aliphatic carbocycles. The SMILES string of the molecule is O=C(O)/C=C\C(=O)O.O=C1c2ccncc2C(=O)c2c(NCCNCCO)ccc(NCCNCCO)c21. The first-order valence-electron chi connectivity index (χ1n) is 11.8. The van der Waals surface area contributed by atoms with Gasteiger partial charge in [0.25, 0.3) is 0 Å². The molecule has 204 valence electrons. The number of nitrogens with one attached hydrogen (secondary N) is 4. The number of aliphatic carboxylic acids is 2. The molecule has 0 spiro atoms. The van der Waals surface area contributed by atoms with Gasteiger partial charge in [0.2, 0.25) is 0 Å². The van der Waals surface area contributed by atoms with Gasteiger partial charge in [-0.2, -0.15) is 0 Å². The van der Waals surface area contributed by atoms with Crippen molar-refractivity contribution in [3.8, 4) is 0 Å². The standard InChI is InChI=1S/C21H27N5O4.C4H4O4/c27-11-9-22-5-7-25-16-1-2-17(26-8-6-23-10-12-28)19-18(16)20(29)14-3-4-24-13-15(14)21(19)30;5-3(6)1-2-4(7)8/h1-4,13,22-23,25-28H,5-12H2;1-2H,(H,5,6)(H,7,8)/b;2-1-. The molecule has 0 unspecified atom stereocenters. The summed E-state index contributed by atoms with van der Waals surface area (Å²) in [5.74, 6) is -2.96. The van der Waals surface area contributed by atoms with E-state index < -0.39 is 11.9 Å². The van der Waals surface area contributed by atoms with Crippen LogP contribution in [0.3, 0.4) is 0 Å². The van der Waals surface area contributed by atoms with Crippen molar-refractivity contribution in [2.75, 3.05) is 63.1 Å². The van der Waals surface area contributed by atoms with Gasteiger partial charge in [-0.05, 0) is 18.2 Å². The van der Waals surface area contributed by atoms with Gasteiger partial charge in [-0.25, -0.2) is 9.59 Å². The largest absolute Gasteiger partial charge is 0.478 e. The minimum absolute atomic E-state index is 0.0553. The van der Waals surface area contributed by atoms with Crippen molar-refractivity contribution in [1.29, 1.82) is 0 Å². The van der Waals surface area contributed by atoms with Crippen molar-refractivity contribution in [3.05, 3.63) is 65.0 Å². The van der Waals surface area contributed by atoms with Crippen LogP contribution in [0.4, 0.5) is 11.4 Å². The fraction of sp³-hybridized carbons (Fsp3) is 0.320. The third-order valence-corrected chi connectivity index (χ3v) is 5.15. The van der Waals surface area contributed by atoms with Crippen LogP contribution in [0.1, 0.15) is 31.8 Å². The lowest BCUT2D eigenvalue weighted by molar-refractivity contribution is -0.134. The van der Waals surface area contributed by atoms with E-state index in [4.69, 9.17) is 20.4 Å². The fourth-order valence-corrected chi connectivity index (χ4v) is 3.53. The quantitative estimate of drug-likeness (QED) is 0.0984. The smallest absolute Gasteiger partial charge is 0.328 e. The molecule has 1 aromatic carbocycles. The minimum Gasteiger partial charge on any atom is -0.478 e. The van der Waals surface area contributed by atoms with Crippen LogP contribution < -0.4 is 21.3 Å². The lowest BCUT2D eigenvalue weighted by atomic mass is 9.83. The molecule has 13 heteroatoms. The number of anilines is 2. The molecular formula is C25H31N5O8. The molecule has 3 rings (SSSR count). The highest BCUT2D eigenvalue weighted by atomic mass is 16.4. The summed E-state index contributed by atoms with van der Waals surface area (Å²) in [5.41, 5.74) is 2.54. The number of carboxylic acids is 2. The number of fused-ring (bicyclic) bond motifs is 2. The second-order valence-electron chi connectivity index (χ2n) is 7.80. The van der Waals surface area contributed by atoms with Gasteiger partial charge in [0, 0.05) is 80.8 Å². The molecule has 1 aromatic heterocycles. The first kappa shape index (κ1) is 30.1. The number of pyridine rings is 1. The number of carbonyl (C=O) groups excluding carboxylic acids is 2. The Labute approximate surface area is 218 Å². The Morgan fingerprint density at radius 1 is 0.711 bits per heavy atom. The summed E-state index contributed by atoms with van der Waals surface area (Å²) in [7, 11) is 0. The number of nitrogens with zero attached hydrogens (tertiary/aromatic N) is 1. The molecule has 0 saturated carbocycles. The predicted molar refractivity (Wildman–Crippen MR) is 139 cm³/mol. The van der Waals surface area contributed by atoms with Crippen molar-refractivity contribution in [1.82, 2.24) is 15.6 Å². The maximum atomic E-state index is 13.2. The molecule has 1 aliphatic rings. The number of aromatic nitrogens is 1. The first-order valence-corrected chi connectivity index (χ1v) is 11.8. The van der Waals surface area contributed by atoms with Crippen LogP contribution in [-0.2, 0) is 9.59 Å². The molecule has 0 fully saturated rings. The zero-order valence-corrected chi connectivity index (χ0v) is 20.6. The molecule has 0 saturated heterocycles. The van der Waals surface area contributed by atoms with Crippen LogP contribution in [-0.4, -0.2) is 101 Å². The van der Waals surface area contributed by atoms with Gasteiger partial charge in [-0.15, -0.1) is 0 Å². The van der Waals surface area contributed by atoms with Crippen molar-refractivity contribution >= 4 is 34.9 Å². The number of rotatable bonds is 14. The number of aliphatic hydroxyl groups excluding tert-OH is 2. The second kappa shape index (κ2) is 15.8. The number of carboxylic acid groups (broad SMARTS) is 2. The second-order valence-corrected chi connectivity index (χ2v) is 7.80. The molecule has 0 bridgehead atoms. The molecule has 0 radical (unpaired) electrons. The van der Waals surface area contributed by atoms with Crippen molar-refractivity contribution < 1.29 is 39.6 Å². The van der Waals surface area contributed by atoms with Gasteiger partial charge in [0.15, 0.2) is 11.6 Å². The summed E-state index contributed by atoms with van der Waals surface area (Å²) in [6.45, 7) is 3.37. The summed E-state index contributed by atoms with van der Waals surface area (Å²) in [5, 5.41) is 45.9. The Hall–Kier alpha value is -4.17. The Kier molecular flexibility index (Phi) is 12.5. The molecule has 8 N–H and O–H groups in total. The number of ketones is 2. The van der Waals surface area contributed by atoms with Gasteiger partial charge in [-0.3, -0.25) is 14.6 Å². The summed E-state index contributed by atoms with van der Waals surface area (Å²) in [4.78, 5) is 49.6. The van der Waals surface area contributed by atoms with Crippen molar-refractivity contribution in [2.24, 2.45) is 0 Å². The average Bonchev–Trinajstić information content (AvgIpc) is 2.91. The molecule has 0 aliphatic heterocycles. The van der Waals surface area contributed by atoms with E-state index in [0.717, 1.165) is 0 Å². The van der Waals surface area contributed by atoms with Gasteiger partial charge >= 0.3 is 11.9 Å². The van der Waals surface area contributed by atoms with Gasteiger partial charge in [-0.1, -0.05) is 0 Å². The summed E-state index contributed by atoms with van der Waals surface area (Å²) in [6, 6.07) is 5.16. The highest BCUT2D eigenvalue weighted by molar-refractivity contribution is 6.31. The lowest BCUT2D eigenvalue weighted by Crippen LogP contribution is -2.28. The van der Waals surface area contributed by atoms with Gasteiger partial charge in [0.05, 0.1) is 29.9 Å². The van der Waals surface area contributed by atoms with E-state index >= 15 is 0 Å². The number of aliphatic hydroxyl groups is 2. The van der Waals surface area contributed by atoms with E-state index in [-0.39, 0.29) is 24.8 Å². The molecule has 38 heavy (non-hydrogen) atoms. The monoisotopic (exact) mass is 529 g/mol. The van der Waals surface area contributed by atoms with Crippen LogP contribution in [0.25, 0.3) is 0 Å². The normalized spacial score (nSPS) is 11.8. The van der Waals surface area contributed by atoms with Crippen molar-refractivity contribution in [3.63, 3.8) is 0 Å². The Bertz CT molecular complexity index is 1080. The van der Waals surface area contributed by atoms with Crippen LogP contribution in [0.5, 0.6) is 0 Å². The van der Waals surface area contributed by atoms with E-state index in [2.05, 4.69) is 26.3 Å². The number of hydrogen-bond acceptors (Lipinski definition) is 11. The number of hydrogen-bond donors (Lipinski definition) is 8. The van der Waals surface area contributed by atoms with E-state index in [9.17, 15) is 19.2 Å². The van der Waals surface area contributed by atoms with Gasteiger partial charge < -0.3 is 41.7 Å². The highest BCUT2D eigenvalue weighted by Crippen LogP contribution is 2.36. The number of benzene rings is 1. The Morgan fingerprint density at radius 2 is 1.18 bits per heavy atom. The maximum absolute atomic E-state index is 13.2. The van der Waals surface area contributed by atoms with Gasteiger partial charge in [0.1, 0.15) is 0 Å². The van der Waals surface area contributed by atoms with Crippen LogP contribution >= 0.6 is 0 Å². The first-order chi connectivity index (χ1) is 18.3. The summed E-state index contributed by atoms with van der Waals surface area (Å²) < 4.78 is 0. The average molecular weight is 530 g/mol. The molecule has 13 nitrogen and oxygen atoms in total. The zero-order chi connectivity index (χ0) is 27.9. The number of carbonyl (C=O) groups is 4. The van der Waals surface area contributed by atoms with Crippen LogP contribution in [0.2, 0.25) is 0 Å². The third-order valence-electron chi connectivity index (χ3n) is 5.15. The molecule has 0 amide bonds. The van der Waals surface area contributed by atoms with Crippen LogP contribution in [0, 0.1) is 0 Å². The highest BCUT2D eigenvalue weighted by Gasteiger charge is 2.34. The summed E-state index contributed by atoms with van der Waals surface area (Å²) in [6.07, 6.45) is 4.06. The molecular weight excluding hydrogens is 498 g/mol. The fourth-order valence-electron chi connectivity index (χ4n) is 3.53.